The SMILES string of the molecule is C[C@H](C(=O)N1CCN(S(=O)(=O)c2ccccc2)CC1)N1CCC(C(=O)N(C)C)CC1. The lowest BCUT2D eigenvalue weighted by Gasteiger charge is -2.39. The first kappa shape index (κ1) is 22.7. The van der Waals surface area contributed by atoms with Gasteiger partial charge in [-0.1, -0.05) is 18.2 Å². The van der Waals surface area contributed by atoms with Crippen molar-refractivity contribution in [2.75, 3.05) is 53.4 Å². The summed E-state index contributed by atoms with van der Waals surface area (Å²) in [6.07, 6.45) is 1.52. The zero-order valence-corrected chi connectivity index (χ0v) is 18.8. The van der Waals surface area contributed by atoms with E-state index in [0.29, 0.717) is 26.2 Å². The monoisotopic (exact) mass is 436 g/mol. The van der Waals surface area contributed by atoms with Crippen molar-refractivity contribution in [3.63, 3.8) is 0 Å². The molecule has 3 rings (SSSR count). The van der Waals surface area contributed by atoms with Gasteiger partial charge < -0.3 is 9.80 Å². The van der Waals surface area contributed by atoms with Crippen molar-refractivity contribution in [2.24, 2.45) is 5.92 Å². The topological polar surface area (TPSA) is 81.2 Å². The van der Waals surface area contributed by atoms with Crippen LogP contribution in [0.15, 0.2) is 35.2 Å². The Morgan fingerprint density at radius 2 is 1.53 bits per heavy atom. The van der Waals surface area contributed by atoms with Crippen LogP contribution in [0.2, 0.25) is 0 Å². The number of rotatable bonds is 5. The lowest BCUT2D eigenvalue weighted by atomic mass is 9.94. The van der Waals surface area contributed by atoms with Crippen LogP contribution in [0.3, 0.4) is 0 Å². The number of piperidine rings is 1. The second-order valence-electron chi connectivity index (χ2n) is 8.26. The van der Waals surface area contributed by atoms with E-state index in [1.54, 1.807) is 54.2 Å². The van der Waals surface area contributed by atoms with Gasteiger partial charge in [0, 0.05) is 46.2 Å². The quantitative estimate of drug-likeness (QED) is 0.679. The molecular formula is C21H32N4O4S. The molecule has 0 spiro atoms. The summed E-state index contributed by atoms with van der Waals surface area (Å²) < 4.78 is 27.0. The molecule has 0 N–H and O–H groups in total. The van der Waals surface area contributed by atoms with E-state index in [4.69, 9.17) is 0 Å². The molecular weight excluding hydrogens is 404 g/mol. The van der Waals surface area contributed by atoms with E-state index in [1.807, 2.05) is 6.92 Å². The Balaban J connectivity index is 1.52. The molecule has 1 aromatic carbocycles. The minimum atomic E-state index is -3.52. The van der Waals surface area contributed by atoms with Gasteiger partial charge in [-0.25, -0.2) is 8.42 Å². The van der Waals surface area contributed by atoms with Crippen LogP contribution in [0.4, 0.5) is 0 Å². The number of piperazine rings is 1. The number of sulfonamides is 1. The Bertz CT molecular complexity index is 843. The van der Waals surface area contributed by atoms with Crippen molar-refractivity contribution in [1.82, 2.24) is 19.0 Å². The number of nitrogens with zero attached hydrogens (tertiary/aromatic N) is 4. The maximum absolute atomic E-state index is 13.0. The second-order valence-corrected chi connectivity index (χ2v) is 10.2. The molecule has 166 valence electrons. The summed E-state index contributed by atoms with van der Waals surface area (Å²) in [5, 5.41) is 0. The Kier molecular flexibility index (Phi) is 7.15. The van der Waals surface area contributed by atoms with Gasteiger partial charge in [0.1, 0.15) is 0 Å². The average Bonchev–Trinajstić information content (AvgIpc) is 2.78. The number of carbonyl (C=O) groups is 2. The van der Waals surface area contributed by atoms with Crippen LogP contribution < -0.4 is 0 Å². The first-order valence-corrected chi connectivity index (χ1v) is 11.9. The van der Waals surface area contributed by atoms with E-state index in [9.17, 15) is 18.0 Å². The highest BCUT2D eigenvalue weighted by Gasteiger charge is 2.35. The largest absolute Gasteiger partial charge is 0.349 e. The average molecular weight is 437 g/mol. The van der Waals surface area contributed by atoms with E-state index >= 15 is 0 Å². The smallest absolute Gasteiger partial charge is 0.243 e. The highest BCUT2D eigenvalue weighted by atomic mass is 32.2. The van der Waals surface area contributed by atoms with Crippen LogP contribution in [0.5, 0.6) is 0 Å². The molecule has 0 aromatic heterocycles. The molecule has 2 fully saturated rings. The van der Waals surface area contributed by atoms with Gasteiger partial charge in [-0.2, -0.15) is 4.31 Å². The molecule has 2 aliphatic heterocycles. The standard InChI is InChI=1S/C21H32N4O4S/c1-17(23-11-9-18(10-12-23)21(27)22(2)3)20(26)24-13-15-25(16-14-24)30(28,29)19-7-5-4-6-8-19/h4-8,17-18H,9-16H2,1-3H3/t17-/m1/s1. The van der Waals surface area contributed by atoms with Crippen LogP contribution in [-0.2, 0) is 19.6 Å². The molecule has 1 aromatic rings. The minimum absolute atomic E-state index is 0.0316. The molecule has 0 unspecified atom stereocenters. The summed E-state index contributed by atoms with van der Waals surface area (Å²) >= 11 is 0. The first-order chi connectivity index (χ1) is 14.2. The fraction of sp³-hybridized carbons (Fsp3) is 0.619. The third kappa shape index (κ3) is 4.84. The van der Waals surface area contributed by atoms with Gasteiger partial charge in [-0.05, 0) is 45.0 Å². The van der Waals surface area contributed by atoms with Crippen LogP contribution in [0, 0.1) is 5.92 Å². The molecule has 0 radical (unpaired) electrons. The van der Waals surface area contributed by atoms with E-state index < -0.39 is 10.0 Å². The lowest BCUT2D eigenvalue weighted by Crippen LogP contribution is -2.56. The zero-order valence-electron chi connectivity index (χ0n) is 18.0. The first-order valence-electron chi connectivity index (χ1n) is 10.5. The van der Waals surface area contributed by atoms with Crippen molar-refractivity contribution in [3.8, 4) is 0 Å². The van der Waals surface area contributed by atoms with Crippen molar-refractivity contribution >= 4 is 21.8 Å². The van der Waals surface area contributed by atoms with Gasteiger partial charge in [0.2, 0.25) is 21.8 Å². The van der Waals surface area contributed by atoms with Crippen LogP contribution in [0.25, 0.3) is 0 Å². The summed E-state index contributed by atoms with van der Waals surface area (Å²) in [6, 6.07) is 8.14. The van der Waals surface area contributed by atoms with Gasteiger partial charge in [-0.3, -0.25) is 14.5 Å². The number of carbonyl (C=O) groups excluding carboxylic acids is 2. The van der Waals surface area contributed by atoms with Crippen molar-refractivity contribution in [3.05, 3.63) is 30.3 Å². The molecule has 8 nitrogen and oxygen atoms in total. The van der Waals surface area contributed by atoms with Crippen LogP contribution in [-0.4, -0.2) is 98.6 Å². The van der Waals surface area contributed by atoms with Gasteiger partial charge in [-0.15, -0.1) is 0 Å². The third-order valence-electron chi connectivity index (χ3n) is 6.16. The molecule has 2 aliphatic rings. The highest BCUT2D eigenvalue weighted by molar-refractivity contribution is 7.89. The van der Waals surface area contributed by atoms with Crippen LogP contribution in [0.1, 0.15) is 19.8 Å². The number of likely N-dealkylation sites (tertiary alicyclic amines) is 1. The third-order valence-corrected chi connectivity index (χ3v) is 8.07. The summed E-state index contributed by atoms with van der Waals surface area (Å²) in [5.74, 6) is 0.221. The predicted molar refractivity (Wildman–Crippen MR) is 114 cm³/mol. The number of hydrogen-bond acceptors (Lipinski definition) is 5. The molecule has 0 saturated carbocycles. The van der Waals surface area contributed by atoms with E-state index in [1.165, 1.54) is 4.31 Å². The van der Waals surface area contributed by atoms with Crippen molar-refractivity contribution in [2.45, 2.75) is 30.7 Å². The summed E-state index contributed by atoms with van der Waals surface area (Å²) in [4.78, 5) is 31.0. The summed E-state index contributed by atoms with van der Waals surface area (Å²) in [7, 11) is 0.0283. The summed E-state index contributed by atoms with van der Waals surface area (Å²) in [5.41, 5.74) is 0. The van der Waals surface area contributed by atoms with Crippen molar-refractivity contribution in [1.29, 1.82) is 0 Å². The minimum Gasteiger partial charge on any atom is -0.349 e. The van der Waals surface area contributed by atoms with Gasteiger partial charge in [0.05, 0.1) is 10.9 Å². The van der Waals surface area contributed by atoms with Gasteiger partial charge in [0.25, 0.3) is 0 Å². The summed E-state index contributed by atoms with van der Waals surface area (Å²) in [6.45, 7) is 4.74. The molecule has 2 heterocycles. The molecule has 2 saturated heterocycles. The Morgan fingerprint density at radius 1 is 0.967 bits per heavy atom. The molecule has 9 heteroatoms. The number of benzene rings is 1. The Labute approximate surface area is 179 Å². The molecule has 0 bridgehead atoms. The Hall–Kier alpha value is -1.97. The van der Waals surface area contributed by atoms with E-state index in [-0.39, 0.29) is 28.7 Å². The highest BCUT2D eigenvalue weighted by Crippen LogP contribution is 2.22. The Morgan fingerprint density at radius 3 is 2.07 bits per heavy atom. The molecule has 1 atom stereocenters. The second kappa shape index (κ2) is 9.45. The zero-order chi connectivity index (χ0) is 21.9. The van der Waals surface area contributed by atoms with E-state index in [2.05, 4.69) is 4.90 Å². The maximum atomic E-state index is 13.0. The van der Waals surface area contributed by atoms with Gasteiger partial charge >= 0.3 is 0 Å². The predicted octanol–water partition coefficient (Wildman–Crippen LogP) is 0.708. The molecule has 0 aliphatic carbocycles. The molecule has 30 heavy (non-hydrogen) atoms. The van der Waals surface area contributed by atoms with Crippen LogP contribution >= 0.6 is 0 Å². The molecule has 2 amide bonds. The lowest BCUT2D eigenvalue weighted by molar-refractivity contribution is -0.139. The normalized spacial score (nSPS) is 20.7. The maximum Gasteiger partial charge on any atom is 0.243 e. The fourth-order valence-electron chi connectivity index (χ4n) is 4.21. The van der Waals surface area contributed by atoms with E-state index in [0.717, 1.165) is 25.9 Å². The number of amides is 2. The van der Waals surface area contributed by atoms with Gasteiger partial charge in [0.15, 0.2) is 0 Å². The fourth-order valence-corrected chi connectivity index (χ4v) is 5.65. The van der Waals surface area contributed by atoms with Crippen molar-refractivity contribution < 1.29 is 18.0 Å². The number of hydrogen-bond donors (Lipinski definition) is 0.